The smallest absolute Gasteiger partial charge is 0.307 e. The molecule has 3 aliphatic carbocycles. The lowest BCUT2D eigenvalue weighted by Crippen LogP contribution is -2.47. The van der Waals surface area contributed by atoms with E-state index in [1.54, 1.807) is 11.4 Å². The Morgan fingerprint density at radius 3 is 2.36 bits per heavy atom. The molecular formula is C15H16N2O4S. The van der Waals surface area contributed by atoms with Gasteiger partial charge in [0.15, 0.2) is 0 Å². The quantitative estimate of drug-likeness (QED) is 0.733. The zero-order chi connectivity index (χ0) is 15.9. The number of nitrogens with two attached hydrogens (primary N) is 1. The third kappa shape index (κ3) is 2.41. The molecule has 2 amide bonds. The summed E-state index contributed by atoms with van der Waals surface area (Å²) >= 11 is 1.20. The van der Waals surface area contributed by atoms with Gasteiger partial charge in [0, 0.05) is 0 Å². The largest absolute Gasteiger partial charge is 0.481 e. The molecule has 0 unspecified atom stereocenters. The van der Waals surface area contributed by atoms with Crippen LogP contribution < -0.4 is 11.1 Å². The van der Waals surface area contributed by atoms with Crippen LogP contribution in [0.1, 0.15) is 23.2 Å². The molecule has 7 heteroatoms. The van der Waals surface area contributed by atoms with Crippen LogP contribution in [-0.4, -0.2) is 22.9 Å². The number of aliphatic carboxylic acids is 1. The summed E-state index contributed by atoms with van der Waals surface area (Å²) in [5, 5.41) is 14.2. The predicted octanol–water partition coefficient (Wildman–Crippen LogP) is 1.70. The maximum Gasteiger partial charge on any atom is 0.307 e. The molecule has 0 spiro atoms. The van der Waals surface area contributed by atoms with Gasteiger partial charge >= 0.3 is 5.97 Å². The van der Waals surface area contributed by atoms with Crippen LogP contribution in [0.5, 0.6) is 0 Å². The third-order valence-electron chi connectivity index (χ3n) is 4.50. The van der Waals surface area contributed by atoms with Gasteiger partial charge in [-0.1, -0.05) is 12.2 Å². The van der Waals surface area contributed by atoms with Crippen LogP contribution in [0.3, 0.4) is 0 Å². The Labute approximate surface area is 131 Å². The Bertz CT molecular complexity index is 666. The van der Waals surface area contributed by atoms with Crippen molar-refractivity contribution in [3.8, 4) is 0 Å². The number of hydrogen-bond donors (Lipinski definition) is 3. The summed E-state index contributed by atoms with van der Waals surface area (Å²) < 4.78 is 0. The third-order valence-corrected chi connectivity index (χ3v) is 5.33. The number of fused-ring (bicyclic) bond motifs is 2. The van der Waals surface area contributed by atoms with Gasteiger partial charge in [0.2, 0.25) is 5.91 Å². The highest BCUT2D eigenvalue weighted by atomic mass is 32.1. The summed E-state index contributed by atoms with van der Waals surface area (Å²) in [4.78, 5) is 35.5. The maximum absolute atomic E-state index is 12.6. The number of thiophene rings is 1. The van der Waals surface area contributed by atoms with E-state index in [4.69, 9.17) is 5.73 Å². The molecule has 1 saturated carbocycles. The Morgan fingerprint density at radius 1 is 1.18 bits per heavy atom. The molecule has 4 N–H and O–H groups in total. The molecule has 22 heavy (non-hydrogen) atoms. The van der Waals surface area contributed by atoms with E-state index in [0.29, 0.717) is 5.00 Å². The second kappa shape index (κ2) is 5.57. The molecule has 1 fully saturated rings. The van der Waals surface area contributed by atoms with Crippen LogP contribution in [-0.2, 0) is 9.59 Å². The number of carboxylic acids is 1. The van der Waals surface area contributed by atoms with Crippen molar-refractivity contribution in [2.75, 3.05) is 5.32 Å². The summed E-state index contributed by atoms with van der Waals surface area (Å²) in [5.41, 5.74) is 5.51. The molecule has 4 rings (SSSR count). The molecule has 6 nitrogen and oxygen atoms in total. The van der Waals surface area contributed by atoms with Gasteiger partial charge in [0.25, 0.3) is 5.91 Å². The standard InChI is InChI=1S/C15H16N2O4S/c16-12(18)9-5-6-22-14(9)17-13(19)10-7-1-3-8(4-2-7)11(10)15(20)21/h1,3,5-8,10-11H,2,4H2,(H2,16,18)(H,17,19)(H,20,21)/t7-,8+,10-,11+/m1/s1. The lowest BCUT2D eigenvalue weighted by Gasteiger charge is -2.41. The minimum absolute atomic E-state index is 0.0666. The summed E-state index contributed by atoms with van der Waals surface area (Å²) in [5.74, 6) is -3.39. The number of nitrogens with one attached hydrogen (secondary N) is 1. The number of primary amides is 1. The van der Waals surface area contributed by atoms with Crippen LogP contribution in [0.15, 0.2) is 23.6 Å². The van der Waals surface area contributed by atoms with Crippen molar-refractivity contribution in [2.24, 2.45) is 29.4 Å². The van der Waals surface area contributed by atoms with Gasteiger partial charge in [0.05, 0.1) is 17.4 Å². The van der Waals surface area contributed by atoms with Crippen molar-refractivity contribution in [1.29, 1.82) is 0 Å². The van der Waals surface area contributed by atoms with Crippen molar-refractivity contribution >= 4 is 34.1 Å². The first-order valence-corrected chi connectivity index (χ1v) is 7.96. The number of hydrogen-bond acceptors (Lipinski definition) is 4. The molecule has 1 aromatic rings. The number of carbonyl (C=O) groups excluding carboxylic acids is 2. The van der Waals surface area contributed by atoms with E-state index < -0.39 is 23.7 Å². The fourth-order valence-electron chi connectivity index (χ4n) is 3.48. The van der Waals surface area contributed by atoms with E-state index in [1.807, 2.05) is 12.2 Å². The molecule has 0 aromatic carbocycles. The topological polar surface area (TPSA) is 109 Å². The fourth-order valence-corrected chi connectivity index (χ4v) is 4.28. The number of rotatable bonds is 4. The fraction of sp³-hybridized carbons (Fsp3) is 0.400. The second-order valence-electron chi connectivity index (χ2n) is 5.70. The molecule has 0 radical (unpaired) electrons. The predicted molar refractivity (Wildman–Crippen MR) is 81.4 cm³/mol. The highest BCUT2D eigenvalue weighted by Gasteiger charge is 2.48. The van der Waals surface area contributed by atoms with Crippen LogP contribution in [0.2, 0.25) is 0 Å². The van der Waals surface area contributed by atoms with E-state index >= 15 is 0 Å². The Morgan fingerprint density at radius 2 is 1.82 bits per heavy atom. The Balaban J connectivity index is 1.84. The zero-order valence-corrected chi connectivity index (χ0v) is 12.5. The van der Waals surface area contributed by atoms with Gasteiger partial charge in [-0.2, -0.15) is 0 Å². The monoisotopic (exact) mass is 320 g/mol. The first-order valence-electron chi connectivity index (χ1n) is 7.08. The van der Waals surface area contributed by atoms with E-state index in [9.17, 15) is 19.5 Å². The number of allylic oxidation sites excluding steroid dienone is 2. The molecule has 2 bridgehead atoms. The first-order chi connectivity index (χ1) is 10.5. The lowest BCUT2D eigenvalue weighted by atomic mass is 9.62. The molecular weight excluding hydrogens is 304 g/mol. The summed E-state index contributed by atoms with van der Waals surface area (Å²) in [7, 11) is 0. The maximum atomic E-state index is 12.6. The van der Waals surface area contributed by atoms with Gasteiger partial charge in [-0.3, -0.25) is 14.4 Å². The van der Waals surface area contributed by atoms with Gasteiger partial charge in [0.1, 0.15) is 5.00 Å². The van der Waals surface area contributed by atoms with Crippen molar-refractivity contribution in [3.63, 3.8) is 0 Å². The van der Waals surface area contributed by atoms with Crippen LogP contribution >= 0.6 is 11.3 Å². The van der Waals surface area contributed by atoms with Crippen molar-refractivity contribution in [3.05, 3.63) is 29.2 Å². The lowest BCUT2D eigenvalue weighted by molar-refractivity contribution is -0.151. The molecule has 1 heterocycles. The minimum atomic E-state index is -0.944. The van der Waals surface area contributed by atoms with E-state index in [2.05, 4.69) is 5.32 Å². The molecule has 3 aliphatic rings. The van der Waals surface area contributed by atoms with Gasteiger partial charge in [-0.05, 0) is 36.1 Å². The van der Waals surface area contributed by atoms with Crippen molar-refractivity contribution in [1.82, 2.24) is 0 Å². The first kappa shape index (κ1) is 14.8. The van der Waals surface area contributed by atoms with E-state index in [-0.39, 0.29) is 23.3 Å². The molecule has 1 aromatic heterocycles. The number of amides is 2. The van der Waals surface area contributed by atoms with Crippen LogP contribution in [0.4, 0.5) is 5.00 Å². The summed E-state index contributed by atoms with van der Waals surface area (Å²) in [6.45, 7) is 0. The SMILES string of the molecule is NC(=O)c1ccsc1NC(=O)[C@H]1[C@@H](C(=O)O)[C@H]2C=C[C@@H]1CC2. The molecule has 0 saturated heterocycles. The number of carbonyl (C=O) groups is 3. The normalized spacial score (nSPS) is 29.3. The number of anilines is 1. The minimum Gasteiger partial charge on any atom is -0.481 e. The average molecular weight is 320 g/mol. The highest BCUT2D eigenvalue weighted by Crippen LogP contribution is 2.45. The molecule has 0 aliphatic heterocycles. The van der Waals surface area contributed by atoms with Crippen molar-refractivity contribution in [2.45, 2.75) is 12.8 Å². The summed E-state index contributed by atoms with van der Waals surface area (Å²) in [6.07, 6.45) is 5.47. The van der Waals surface area contributed by atoms with Crippen LogP contribution in [0.25, 0.3) is 0 Å². The Hall–Kier alpha value is -2.15. The molecule has 4 atom stereocenters. The van der Waals surface area contributed by atoms with E-state index in [1.165, 1.54) is 11.3 Å². The molecule has 116 valence electrons. The van der Waals surface area contributed by atoms with Crippen molar-refractivity contribution < 1.29 is 19.5 Å². The van der Waals surface area contributed by atoms with E-state index in [0.717, 1.165) is 12.8 Å². The van der Waals surface area contributed by atoms with Crippen LogP contribution in [0, 0.1) is 23.7 Å². The summed E-state index contributed by atoms with van der Waals surface area (Å²) in [6, 6.07) is 1.55. The van der Waals surface area contributed by atoms with Gasteiger partial charge in [-0.25, -0.2) is 0 Å². The Kier molecular flexibility index (Phi) is 3.74. The van der Waals surface area contributed by atoms with Gasteiger partial charge in [-0.15, -0.1) is 11.3 Å². The highest BCUT2D eigenvalue weighted by molar-refractivity contribution is 7.14. The zero-order valence-electron chi connectivity index (χ0n) is 11.7. The number of carboxylic acid groups (broad SMARTS) is 1. The second-order valence-corrected chi connectivity index (χ2v) is 6.61. The van der Waals surface area contributed by atoms with Gasteiger partial charge < -0.3 is 16.2 Å². The average Bonchev–Trinajstić information content (AvgIpc) is 2.95.